The molecule has 0 aliphatic heterocycles. The molecule has 25 heavy (non-hydrogen) atoms. The maximum Gasteiger partial charge on any atom is 0.335 e. The molecule has 0 aliphatic rings. The summed E-state index contributed by atoms with van der Waals surface area (Å²) >= 11 is 0. The second-order valence-electron chi connectivity index (χ2n) is 5.37. The highest BCUT2D eigenvalue weighted by Gasteiger charge is 2.32. The summed E-state index contributed by atoms with van der Waals surface area (Å²) < 4.78 is 19.6. The van der Waals surface area contributed by atoms with E-state index in [1.165, 1.54) is 0 Å². The molecule has 3 rings (SSSR count). The average molecular weight is 348 g/mol. The summed E-state index contributed by atoms with van der Waals surface area (Å²) in [5, 5.41) is 1.86. The van der Waals surface area contributed by atoms with Crippen LogP contribution in [0.2, 0.25) is 0 Å². The summed E-state index contributed by atoms with van der Waals surface area (Å²) in [5.74, 6) is -0.302. The summed E-state index contributed by atoms with van der Waals surface area (Å²) in [6.45, 7) is 3.42. The minimum absolute atomic E-state index is 0.281. The fraction of sp³-hybridized carbons (Fsp3) is 0. The molecular formula is C21H17O3P. The van der Waals surface area contributed by atoms with Crippen LogP contribution in [0.3, 0.4) is 0 Å². The highest BCUT2D eigenvalue weighted by atomic mass is 31.2. The molecule has 3 nitrogen and oxygen atoms in total. The lowest BCUT2D eigenvalue weighted by molar-refractivity contribution is -0.128. The number of ether oxygens (including phenoxy) is 1. The highest BCUT2D eigenvalue weighted by molar-refractivity contribution is 7.85. The van der Waals surface area contributed by atoms with Crippen molar-refractivity contribution in [3.8, 4) is 5.75 Å². The van der Waals surface area contributed by atoms with Gasteiger partial charge in [-0.3, -0.25) is 0 Å². The van der Waals surface area contributed by atoms with Crippen molar-refractivity contribution in [3.05, 3.63) is 97.6 Å². The molecule has 0 saturated carbocycles. The molecule has 0 aliphatic carbocycles. The van der Waals surface area contributed by atoms with Gasteiger partial charge in [0, 0.05) is 16.7 Å². The highest BCUT2D eigenvalue weighted by Crippen LogP contribution is 2.44. The third-order valence-corrected chi connectivity index (χ3v) is 6.92. The van der Waals surface area contributed by atoms with Crippen LogP contribution in [0, 0.1) is 0 Å². The Morgan fingerprint density at radius 2 is 1.28 bits per heavy atom. The van der Waals surface area contributed by atoms with Gasteiger partial charge in [-0.1, -0.05) is 79.4 Å². The van der Waals surface area contributed by atoms with Crippen molar-refractivity contribution >= 4 is 29.0 Å². The molecule has 0 aromatic heterocycles. The fourth-order valence-corrected chi connectivity index (χ4v) is 5.42. The molecule has 0 amide bonds. The molecule has 0 heterocycles. The Morgan fingerprint density at radius 3 is 1.80 bits per heavy atom. The SMILES string of the molecule is C=CC(=O)Oc1ccccc1P(=O)(c1ccccc1)c1ccccc1. The Hall–Kier alpha value is -2.90. The van der Waals surface area contributed by atoms with Gasteiger partial charge in [-0.25, -0.2) is 4.79 Å². The van der Waals surface area contributed by atoms with Crippen molar-refractivity contribution in [2.75, 3.05) is 0 Å². The van der Waals surface area contributed by atoms with Crippen LogP contribution in [0.5, 0.6) is 5.75 Å². The Balaban J connectivity index is 2.26. The van der Waals surface area contributed by atoms with Crippen LogP contribution in [-0.2, 0) is 9.36 Å². The molecule has 0 atom stereocenters. The van der Waals surface area contributed by atoms with E-state index in [9.17, 15) is 9.36 Å². The number of carbonyl (C=O) groups is 1. The van der Waals surface area contributed by atoms with Gasteiger partial charge in [0.15, 0.2) is 7.14 Å². The smallest absolute Gasteiger partial charge is 0.335 e. The van der Waals surface area contributed by atoms with E-state index < -0.39 is 13.1 Å². The molecule has 0 radical (unpaired) electrons. The number of esters is 1. The third-order valence-electron chi connectivity index (χ3n) is 3.82. The van der Waals surface area contributed by atoms with Gasteiger partial charge < -0.3 is 9.30 Å². The normalized spacial score (nSPS) is 10.9. The van der Waals surface area contributed by atoms with Gasteiger partial charge >= 0.3 is 5.97 Å². The number of para-hydroxylation sites is 1. The first-order valence-corrected chi connectivity index (χ1v) is 9.52. The van der Waals surface area contributed by atoms with Gasteiger partial charge in [-0.05, 0) is 12.1 Å². The lowest BCUT2D eigenvalue weighted by Gasteiger charge is -2.21. The Labute approximate surface area is 147 Å². The Bertz CT molecular complexity index is 890. The predicted molar refractivity (Wildman–Crippen MR) is 102 cm³/mol. The summed E-state index contributed by atoms with van der Waals surface area (Å²) in [5.41, 5.74) is 0. The lowest BCUT2D eigenvalue weighted by atomic mass is 10.3. The number of hydrogen-bond donors (Lipinski definition) is 0. The molecule has 0 fully saturated rings. The molecule has 3 aromatic rings. The molecule has 0 bridgehead atoms. The van der Waals surface area contributed by atoms with Gasteiger partial charge in [0.2, 0.25) is 0 Å². The summed E-state index contributed by atoms with van der Waals surface area (Å²) in [7, 11) is -3.19. The van der Waals surface area contributed by atoms with Crippen LogP contribution in [0.4, 0.5) is 0 Å². The van der Waals surface area contributed by atoms with E-state index in [1.54, 1.807) is 24.3 Å². The minimum atomic E-state index is -3.19. The first-order valence-electron chi connectivity index (χ1n) is 7.81. The van der Waals surface area contributed by atoms with Gasteiger partial charge in [0.25, 0.3) is 0 Å². The maximum atomic E-state index is 14.3. The molecular weight excluding hydrogens is 331 g/mol. The molecule has 0 unspecified atom stereocenters. The van der Waals surface area contributed by atoms with E-state index in [2.05, 4.69) is 6.58 Å². The molecule has 4 heteroatoms. The first kappa shape index (κ1) is 16.9. The first-order chi connectivity index (χ1) is 12.2. The second-order valence-corrected chi connectivity index (χ2v) is 8.11. The maximum absolute atomic E-state index is 14.3. The second kappa shape index (κ2) is 7.33. The van der Waals surface area contributed by atoms with Crippen molar-refractivity contribution in [1.82, 2.24) is 0 Å². The number of benzene rings is 3. The minimum Gasteiger partial charge on any atom is -0.423 e. The van der Waals surface area contributed by atoms with E-state index in [-0.39, 0.29) is 5.75 Å². The summed E-state index contributed by atoms with van der Waals surface area (Å²) in [6, 6.07) is 25.4. The van der Waals surface area contributed by atoms with Crippen molar-refractivity contribution in [2.24, 2.45) is 0 Å². The van der Waals surface area contributed by atoms with Crippen molar-refractivity contribution < 1.29 is 14.1 Å². The Morgan fingerprint density at radius 1 is 0.800 bits per heavy atom. The number of rotatable bonds is 5. The van der Waals surface area contributed by atoms with Crippen LogP contribution in [0.1, 0.15) is 0 Å². The van der Waals surface area contributed by atoms with E-state index in [4.69, 9.17) is 4.74 Å². The van der Waals surface area contributed by atoms with Crippen molar-refractivity contribution in [3.63, 3.8) is 0 Å². The van der Waals surface area contributed by atoms with Gasteiger partial charge in [-0.15, -0.1) is 0 Å². The van der Waals surface area contributed by atoms with E-state index in [1.807, 2.05) is 60.7 Å². The van der Waals surface area contributed by atoms with Crippen LogP contribution < -0.4 is 20.7 Å². The zero-order valence-corrected chi connectivity index (χ0v) is 14.4. The molecule has 0 saturated heterocycles. The quantitative estimate of drug-likeness (QED) is 0.307. The van der Waals surface area contributed by atoms with Crippen LogP contribution >= 0.6 is 7.14 Å². The third kappa shape index (κ3) is 3.33. The van der Waals surface area contributed by atoms with E-state index in [0.29, 0.717) is 15.9 Å². The predicted octanol–water partition coefficient (Wildman–Crippen LogP) is 3.42. The molecule has 124 valence electrons. The van der Waals surface area contributed by atoms with Crippen LogP contribution in [-0.4, -0.2) is 5.97 Å². The molecule has 0 N–H and O–H groups in total. The molecule has 0 spiro atoms. The topological polar surface area (TPSA) is 43.4 Å². The van der Waals surface area contributed by atoms with Gasteiger partial charge in [0.05, 0.1) is 5.30 Å². The number of hydrogen-bond acceptors (Lipinski definition) is 3. The summed E-state index contributed by atoms with van der Waals surface area (Å²) in [6.07, 6.45) is 1.09. The van der Waals surface area contributed by atoms with E-state index in [0.717, 1.165) is 6.08 Å². The van der Waals surface area contributed by atoms with Crippen LogP contribution in [0.15, 0.2) is 97.6 Å². The fourth-order valence-electron chi connectivity index (χ4n) is 2.66. The van der Waals surface area contributed by atoms with Crippen molar-refractivity contribution in [1.29, 1.82) is 0 Å². The summed E-state index contributed by atoms with van der Waals surface area (Å²) in [4.78, 5) is 11.7. The monoisotopic (exact) mass is 348 g/mol. The average Bonchev–Trinajstić information content (AvgIpc) is 2.69. The number of carbonyl (C=O) groups excluding carboxylic acids is 1. The van der Waals surface area contributed by atoms with Crippen molar-refractivity contribution in [2.45, 2.75) is 0 Å². The zero-order chi connectivity index (χ0) is 17.7. The Kier molecular flexibility index (Phi) is 4.97. The zero-order valence-electron chi connectivity index (χ0n) is 13.5. The van der Waals surface area contributed by atoms with Crippen LogP contribution in [0.25, 0.3) is 0 Å². The largest absolute Gasteiger partial charge is 0.423 e. The van der Waals surface area contributed by atoms with Gasteiger partial charge in [0.1, 0.15) is 5.75 Å². The molecule has 3 aromatic carbocycles. The standard InChI is InChI=1S/C21H17O3P/c1-2-21(22)24-19-15-9-10-16-20(19)25(23,17-11-5-3-6-12-17)18-13-7-4-8-14-18/h2-16H,1H2. The lowest BCUT2D eigenvalue weighted by Crippen LogP contribution is -2.26. The van der Waals surface area contributed by atoms with E-state index >= 15 is 0 Å². The van der Waals surface area contributed by atoms with Gasteiger partial charge in [-0.2, -0.15) is 0 Å².